The van der Waals surface area contributed by atoms with Crippen molar-refractivity contribution in [1.29, 1.82) is 0 Å². The SMILES string of the molecule is CN=C(NCCCCN1CCCC(C)C1)NCc1cc(OC)ccc1OC(F)F. The number of nitrogens with zero attached hydrogens (tertiary/aromatic N) is 2. The molecule has 1 heterocycles. The number of rotatable bonds is 10. The summed E-state index contributed by atoms with van der Waals surface area (Å²) in [6.45, 7) is 4.11. The van der Waals surface area contributed by atoms with Crippen molar-refractivity contribution in [3.63, 3.8) is 0 Å². The van der Waals surface area contributed by atoms with E-state index in [0.717, 1.165) is 31.8 Å². The molecule has 1 aliphatic heterocycles. The Hall–Kier alpha value is -2.09. The fraction of sp³-hybridized carbons (Fsp3) is 0.667. The van der Waals surface area contributed by atoms with E-state index in [-0.39, 0.29) is 5.75 Å². The van der Waals surface area contributed by atoms with Gasteiger partial charge in [0.05, 0.1) is 7.11 Å². The zero-order valence-electron chi connectivity index (χ0n) is 17.7. The Balaban J connectivity index is 1.74. The van der Waals surface area contributed by atoms with Crippen LogP contribution in [0.3, 0.4) is 0 Å². The number of nitrogens with one attached hydrogen (secondary N) is 2. The van der Waals surface area contributed by atoms with Crippen LogP contribution in [0.1, 0.15) is 38.2 Å². The molecule has 8 heteroatoms. The summed E-state index contributed by atoms with van der Waals surface area (Å²) in [6.07, 6.45) is 4.83. The molecule has 0 bridgehead atoms. The van der Waals surface area contributed by atoms with Gasteiger partial charge < -0.3 is 25.0 Å². The predicted molar refractivity (Wildman–Crippen MR) is 112 cm³/mol. The Morgan fingerprint density at radius 1 is 1.31 bits per heavy atom. The number of aliphatic imine (C=N–C) groups is 1. The lowest BCUT2D eigenvalue weighted by atomic mass is 10.0. The Morgan fingerprint density at radius 3 is 2.83 bits per heavy atom. The van der Waals surface area contributed by atoms with Gasteiger partial charge in [0.1, 0.15) is 11.5 Å². The van der Waals surface area contributed by atoms with Gasteiger partial charge in [-0.05, 0) is 62.9 Å². The monoisotopic (exact) mass is 412 g/mol. The molecule has 6 nitrogen and oxygen atoms in total. The zero-order valence-corrected chi connectivity index (χ0v) is 17.7. The minimum Gasteiger partial charge on any atom is -0.497 e. The van der Waals surface area contributed by atoms with Gasteiger partial charge >= 0.3 is 6.61 Å². The highest BCUT2D eigenvalue weighted by atomic mass is 19.3. The molecule has 0 spiro atoms. The van der Waals surface area contributed by atoms with Gasteiger partial charge in [0, 0.05) is 32.2 Å². The molecule has 1 aliphatic rings. The molecule has 2 rings (SSSR count). The van der Waals surface area contributed by atoms with Crippen molar-refractivity contribution in [2.45, 2.75) is 45.8 Å². The summed E-state index contributed by atoms with van der Waals surface area (Å²) in [4.78, 5) is 6.75. The van der Waals surface area contributed by atoms with E-state index in [1.54, 1.807) is 19.2 Å². The van der Waals surface area contributed by atoms with E-state index in [2.05, 4.69) is 32.2 Å². The lowest BCUT2D eigenvalue weighted by Crippen LogP contribution is -2.38. The number of hydrogen-bond acceptors (Lipinski definition) is 4. The van der Waals surface area contributed by atoms with Crippen LogP contribution in [0.15, 0.2) is 23.2 Å². The molecule has 1 aromatic carbocycles. The van der Waals surface area contributed by atoms with Crippen LogP contribution in [-0.2, 0) is 6.54 Å². The van der Waals surface area contributed by atoms with Crippen LogP contribution in [0.4, 0.5) is 8.78 Å². The summed E-state index contributed by atoms with van der Waals surface area (Å²) >= 11 is 0. The largest absolute Gasteiger partial charge is 0.497 e. The van der Waals surface area contributed by atoms with Crippen LogP contribution < -0.4 is 20.1 Å². The third-order valence-electron chi connectivity index (χ3n) is 5.09. The second-order valence-electron chi connectivity index (χ2n) is 7.46. The molecule has 0 radical (unpaired) electrons. The molecular weight excluding hydrogens is 378 g/mol. The van der Waals surface area contributed by atoms with Gasteiger partial charge in [-0.3, -0.25) is 4.99 Å². The van der Waals surface area contributed by atoms with E-state index in [4.69, 9.17) is 4.74 Å². The van der Waals surface area contributed by atoms with Crippen molar-refractivity contribution >= 4 is 5.96 Å². The Labute approximate surface area is 172 Å². The topological polar surface area (TPSA) is 58.1 Å². The molecule has 0 amide bonds. The van der Waals surface area contributed by atoms with Crippen molar-refractivity contribution in [2.24, 2.45) is 10.9 Å². The number of unbranched alkanes of at least 4 members (excludes halogenated alkanes) is 1. The van der Waals surface area contributed by atoms with Gasteiger partial charge in [-0.1, -0.05) is 6.92 Å². The van der Waals surface area contributed by atoms with E-state index in [9.17, 15) is 8.78 Å². The zero-order chi connectivity index (χ0) is 21.1. The molecule has 2 N–H and O–H groups in total. The quantitative estimate of drug-likeness (QED) is 0.350. The molecule has 1 saturated heterocycles. The molecule has 0 saturated carbocycles. The lowest BCUT2D eigenvalue weighted by Gasteiger charge is -2.30. The van der Waals surface area contributed by atoms with Crippen LogP contribution in [-0.4, -0.2) is 57.8 Å². The standard InChI is InChI=1S/C21H34F2N4O2/c1-16-7-6-12-27(15-16)11-5-4-10-25-21(24-2)26-14-17-13-18(28-3)8-9-19(17)29-20(22)23/h8-9,13,16,20H,4-7,10-12,14-15H2,1-3H3,(H2,24,25,26). The number of hydrogen-bond donors (Lipinski definition) is 2. The van der Waals surface area contributed by atoms with Crippen molar-refractivity contribution < 1.29 is 18.3 Å². The number of methoxy groups -OCH3 is 1. The van der Waals surface area contributed by atoms with E-state index < -0.39 is 6.61 Å². The number of alkyl halides is 2. The molecule has 164 valence electrons. The first-order valence-corrected chi connectivity index (χ1v) is 10.3. The van der Waals surface area contributed by atoms with Crippen LogP contribution in [0.2, 0.25) is 0 Å². The summed E-state index contributed by atoms with van der Waals surface area (Å²) in [5.41, 5.74) is 0.576. The van der Waals surface area contributed by atoms with Crippen molar-refractivity contribution in [2.75, 3.05) is 40.3 Å². The number of guanidine groups is 1. The molecule has 0 aromatic heterocycles. The fourth-order valence-corrected chi connectivity index (χ4v) is 3.59. The number of likely N-dealkylation sites (tertiary alicyclic amines) is 1. The summed E-state index contributed by atoms with van der Waals surface area (Å²) in [6, 6.07) is 4.76. The Morgan fingerprint density at radius 2 is 2.14 bits per heavy atom. The third kappa shape index (κ3) is 8.43. The van der Waals surface area contributed by atoms with E-state index >= 15 is 0 Å². The average molecular weight is 413 g/mol. The van der Waals surface area contributed by atoms with Gasteiger partial charge in [0.15, 0.2) is 5.96 Å². The van der Waals surface area contributed by atoms with Crippen LogP contribution in [0, 0.1) is 5.92 Å². The fourth-order valence-electron chi connectivity index (χ4n) is 3.59. The minimum absolute atomic E-state index is 0.125. The Bertz CT molecular complexity index is 643. The molecule has 1 unspecified atom stereocenters. The first-order chi connectivity index (χ1) is 14.0. The van der Waals surface area contributed by atoms with Crippen LogP contribution in [0.5, 0.6) is 11.5 Å². The van der Waals surface area contributed by atoms with E-state index in [1.807, 2.05) is 0 Å². The van der Waals surface area contributed by atoms with Gasteiger partial charge in [-0.15, -0.1) is 0 Å². The van der Waals surface area contributed by atoms with E-state index in [0.29, 0.717) is 23.8 Å². The highest BCUT2D eigenvalue weighted by Crippen LogP contribution is 2.25. The predicted octanol–water partition coefficient (Wildman–Crippen LogP) is 3.47. The van der Waals surface area contributed by atoms with Gasteiger partial charge in [-0.2, -0.15) is 8.78 Å². The first kappa shape index (κ1) is 23.2. The number of halogens is 2. The number of ether oxygens (including phenoxy) is 2. The molecule has 1 fully saturated rings. The molecule has 1 aromatic rings. The first-order valence-electron chi connectivity index (χ1n) is 10.3. The second-order valence-corrected chi connectivity index (χ2v) is 7.46. The van der Waals surface area contributed by atoms with Gasteiger partial charge in [0.2, 0.25) is 0 Å². The van der Waals surface area contributed by atoms with Crippen LogP contribution >= 0.6 is 0 Å². The highest BCUT2D eigenvalue weighted by Gasteiger charge is 2.15. The van der Waals surface area contributed by atoms with E-state index in [1.165, 1.54) is 39.1 Å². The number of piperidine rings is 1. The molecule has 1 atom stereocenters. The minimum atomic E-state index is -2.87. The third-order valence-corrected chi connectivity index (χ3v) is 5.09. The van der Waals surface area contributed by atoms with Crippen molar-refractivity contribution in [1.82, 2.24) is 15.5 Å². The molecule has 0 aliphatic carbocycles. The maximum atomic E-state index is 12.6. The van der Waals surface area contributed by atoms with Gasteiger partial charge in [0.25, 0.3) is 0 Å². The second kappa shape index (κ2) is 12.5. The maximum Gasteiger partial charge on any atom is 0.387 e. The summed E-state index contributed by atoms with van der Waals surface area (Å²) in [7, 11) is 3.22. The normalized spacial score (nSPS) is 18.0. The number of benzene rings is 1. The van der Waals surface area contributed by atoms with Crippen molar-refractivity contribution in [3.05, 3.63) is 23.8 Å². The van der Waals surface area contributed by atoms with Crippen molar-refractivity contribution in [3.8, 4) is 11.5 Å². The van der Waals surface area contributed by atoms with Gasteiger partial charge in [-0.25, -0.2) is 0 Å². The lowest BCUT2D eigenvalue weighted by molar-refractivity contribution is -0.0504. The summed E-state index contributed by atoms with van der Waals surface area (Å²) < 4.78 is 35.0. The Kier molecular flexibility index (Phi) is 9.97. The average Bonchev–Trinajstić information content (AvgIpc) is 2.70. The molecular formula is C21H34F2N4O2. The summed E-state index contributed by atoms with van der Waals surface area (Å²) in [5.74, 6) is 2.14. The smallest absolute Gasteiger partial charge is 0.387 e. The maximum absolute atomic E-state index is 12.6. The highest BCUT2D eigenvalue weighted by molar-refractivity contribution is 5.79. The summed E-state index contributed by atoms with van der Waals surface area (Å²) in [5, 5.41) is 6.42. The van der Waals surface area contributed by atoms with Crippen LogP contribution in [0.25, 0.3) is 0 Å². The molecule has 29 heavy (non-hydrogen) atoms.